The molecule has 6 atom stereocenters. The number of fused-ring (bicyclic) bond motifs is 1. The topological polar surface area (TPSA) is 99.2 Å². The van der Waals surface area contributed by atoms with Crippen molar-refractivity contribution in [2.75, 3.05) is 24.5 Å². The van der Waals surface area contributed by atoms with E-state index in [2.05, 4.69) is 15.9 Å². The Kier molecular flexibility index (Phi) is 4.54. The maximum absolute atomic E-state index is 11.9. The summed E-state index contributed by atoms with van der Waals surface area (Å²) in [4.78, 5) is 26.6. The fourth-order valence-corrected chi connectivity index (χ4v) is 10.3. The van der Waals surface area contributed by atoms with Gasteiger partial charge in [0.2, 0.25) is 5.95 Å². The minimum Gasteiger partial charge on any atom is -0.337 e. The van der Waals surface area contributed by atoms with Gasteiger partial charge < -0.3 is 4.90 Å². The zero-order valence-electron chi connectivity index (χ0n) is 22.2. The monoisotopic (exact) mass is 510 g/mol. The van der Waals surface area contributed by atoms with E-state index in [0.717, 1.165) is 61.2 Å². The van der Waals surface area contributed by atoms with Crippen molar-refractivity contribution < 1.29 is 4.92 Å². The lowest BCUT2D eigenvalue weighted by Gasteiger charge is -2.66. The van der Waals surface area contributed by atoms with Crippen LogP contribution in [0.4, 0.5) is 11.6 Å². The first-order valence-corrected chi connectivity index (χ1v) is 14.4. The predicted octanol–water partition coefficient (Wildman–Crippen LogP) is 4.46. The van der Waals surface area contributed by atoms with Crippen LogP contribution in [0.25, 0.3) is 0 Å². The van der Waals surface area contributed by atoms with Gasteiger partial charge in [-0.2, -0.15) is 5.26 Å². The van der Waals surface area contributed by atoms with Crippen LogP contribution in [0, 0.1) is 58.5 Å². The Morgan fingerprint density at radius 1 is 1.16 bits per heavy atom. The van der Waals surface area contributed by atoms with Crippen LogP contribution in [0.1, 0.15) is 66.6 Å². The lowest BCUT2D eigenvalue weighted by atomic mass is 9.43. The van der Waals surface area contributed by atoms with Gasteiger partial charge in [0.05, 0.1) is 4.92 Å². The summed E-state index contributed by atoms with van der Waals surface area (Å²) in [7, 11) is 0. The Morgan fingerprint density at radius 2 is 1.95 bits per heavy atom. The van der Waals surface area contributed by atoms with Crippen molar-refractivity contribution in [1.82, 2.24) is 14.9 Å². The first-order chi connectivity index (χ1) is 18.3. The molecule has 2 aromatic rings. The Morgan fingerprint density at radius 3 is 2.66 bits per heavy atom. The van der Waals surface area contributed by atoms with Crippen molar-refractivity contribution >= 4 is 11.6 Å². The first kappa shape index (κ1) is 22.9. The van der Waals surface area contributed by atoms with Crippen molar-refractivity contribution in [3.63, 3.8) is 0 Å². The molecule has 4 aliphatic carbocycles. The number of benzene rings is 1. The summed E-state index contributed by atoms with van der Waals surface area (Å²) in [6, 6.07) is 8.77. The quantitative estimate of drug-likeness (QED) is 0.442. The molecule has 6 aliphatic rings. The van der Waals surface area contributed by atoms with Gasteiger partial charge in [0.1, 0.15) is 11.6 Å². The number of anilines is 1. The molecular weight excluding hydrogens is 476 g/mol. The highest BCUT2D eigenvalue weighted by atomic mass is 16.6. The molecule has 2 aliphatic heterocycles. The summed E-state index contributed by atoms with van der Waals surface area (Å²) < 4.78 is 0. The van der Waals surface area contributed by atoms with Gasteiger partial charge in [-0.15, -0.1) is 0 Å². The molecule has 8 heteroatoms. The van der Waals surface area contributed by atoms with Gasteiger partial charge >= 0.3 is 0 Å². The second-order valence-electron chi connectivity index (χ2n) is 13.1. The Bertz CT molecular complexity index is 1410. The fraction of sp³-hybridized carbons (Fsp3) is 0.633. The average Bonchev–Trinajstić information content (AvgIpc) is 3.57. The van der Waals surface area contributed by atoms with E-state index in [0.29, 0.717) is 23.9 Å². The molecular formula is C30H34N6O2. The zero-order chi connectivity index (χ0) is 26.0. The zero-order valence-corrected chi connectivity index (χ0v) is 22.2. The summed E-state index contributed by atoms with van der Waals surface area (Å²) in [5, 5.41) is 21.9. The number of nitro benzene ring substituents is 1. The van der Waals surface area contributed by atoms with Gasteiger partial charge in [-0.1, -0.05) is 0 Å². The molecule has 8 nitrogen and oxygen atoms in total. The SMILES string of the molecule is Cc1cc(C)nc(N2C[C@H]3CC45CCC2C3C42CCN(CC3CC3)C5Cc3cc([N+](=O)[O-])c(C#N)cc32)n1. The van der Waals surface area contributed by atoms with Gasteiger partial charge in [-0.05, 0) is 112 Å². The molecule has 0 N–H and O–H groups in total. The number of aromatic nitrogens is 2. The molecule has 1 aromatic carbocycles. The number of hydrogen-bond acceptors (Lipinski definition) is 7. The van der Waals surface area contributed by atoms with E-state index in [1.54, 1.807) is 6.07 Å². The third-order valence-electron chi connectivity index (χ3n) is 11.4. The highest BCUT2D eigenvalue weighted by molar-refractivity contribution is 5.60. The molecule has 0 radical (unpaired) electrons. The van der Waals surface area contributed by atoms with Gasteiger partial charge in [0.15, 0.2) is 0 Å². The summed E-state index contributed by atoms with van der Waals surface area (Å²) >= 11 is 0. The number of nitrogens with zero attached hydrogens (tertiary/aromatic N) is 6. The second-order valence-corrected chi connectivity index (χ2v) is 13.1. The van der Waals surface area contributed by atoms with Crippen LogP contribution in [0.2, 0.25) is 0 Å². The second kappa shape index (κ2) is 7.53. The van der Waals surface area contributed by atoms with Crippen molar-refractivity contribution in [3.8, 4) is 6.07 Å². The summed E-state index contributed by atoms with van der Waals surface area (Å²) in [6.07, 6.45) is 8.19. The Balaban J connectivity index is 1.30. The number of likely N-dealkylation sites (tertiary alicyclic amines) is 1. The van der Waals surface area contributed by atoms with E-state index in [1.165, 1.54) is 37.8 Å². The minimum atomic E-state index is -0.364. The molecule has 4 bridgehead atoms. The average molecular weight is 511 g/mol. The molecule has 38 heavy (non-hydrogen) atoms. The molecule has 5 unspecified atom stereocenters. The number of hydrogen-bond donors (Lipinski definition) is 0. The molecule has 3 heterocycles. The molecule has 1 aromatic heterocycles. The van der Waals surface area contributed by atoms with Gasteiger partial charge in [-0.25, -0.2) is 9.97 Å². The Hall–Kier alpha value is -3.05. The maximum Gasteiger partial charge on any atom is 0.287 e. The summed E-state index contributed by atoms with van der Waals surface area (Å²) in [5.74, 6) is 2.72. The van der Waals surface area contributed by atoms with Crippen LogP contribution in [0.15, 0.2) is 18.2 Å². The van der Waals surface area contributed by atoms with Crippen molar-refractivity contribution in [3.05, 3.63) is 56.4 Å². The standard InChI is InChI=1S/C30H34N6O2/c1-17-9-18(2)33-28(32-17)35-16-22-13-29-6-5-24(35)27(22)30(29)7-8-34(15-19-3-4-19)26(29)12-20-11-25(36(37)38)21(14-31)10-23(20)30/h9-11,19,22,24,26-27H,3-8,12-13,15-16H2,1-2H3/t22-,24?,26?,27?,29?,30?/m1/s1. The van der Waals surface area contributed by atoms with Crippen LogP contribution in [-0.2, 0) is 11.8 Å². The third kappa shape index (κ3) is 2.78. The van der Waals surface area contributed by atoms with Crippen molar-refractivity contribution in [2.24, 2.45) is 23.2 Å². The molecule has 196 valence electrons. The van der Waals surface area contributed by atoms with Crippen LogP contribution >= 0.6 is 0 Å². The van der Waals surface area contributed by atoms with E-state index in [4.69, 9.17) is 9.97 Å². The van der Waals surface area contributed by atoms with Crippen molar-refractivity contribution in [2.45, 2.75) is 76.3 Å². The van der Waals surface area contributed by atoms with Crippen LogP contribution < -0.4 is 4.90 Å². The lowest BCUT2D eigenvalue weighted by molar-refractivity contribution is -0.385. The highest BCUT2D eigenvalue weighted by Gasteiger charge is 2.76. The number of nitro groups is 1. The smallest absolute Gasteiger partial charge is 0.287 e. The molecule has 0 spiro atoms. The molecule has 2 saturated heterocycles. The van der Waals surface area contributed by atoms with Crippen LogP contribution in [0.3, 0.4) is 0 Å². The van der Waals surface area contributed by atoms with Gasteiger partial charge in [0.25, 0.3) is 5.69 Å². The first-order valence-electron chi connectivity index (χ1n) is 14.4. The summed E-state index contributed by atoms with van der Waals surface area (Å²) in [6.45, 7) is 7.36. The third-order valence-corrected chi connectivity index (χ3v) is 11.4. The number of piperidine rings is 1. The summed E-state index contributed by atoms with van der Waals surface area (Å²) in [5.41, 5.74) is 4.77. The number of nitriles is 1. The van der Waals surface area contributed by atoms with E-state index in [-0.39, 0.29) is 27.0 Å². The van der Waals surface area contributed by atoms with E-state index >= 15 is 0 Å². The maximum atomic E-state index is 11.9. The molecule has 8 rings (SSSR count). The van der Waals surface area contributed by atoms with E-state index in [1.807, 2.05) is 26.0 Å². The highest BCUT2D eigenvalue weighted by Crippen LogP contribution is 2.75. The van der Waals surface area contributed by atoms with E-state index in [9.17, 15) is 15.4 Å². The Labute approximate surface area is 223 Å². The fourth-order valence-electron chi connectivity index (χ4n) is 10.3. The number of aryl methyl sites for hydroxylation is 2. The lowest BCUT2D eigenvalue weighted by Crippen LogP contribution is -2.69. The van der Waals surface area contributed by atoms with Gasteiger partial charge in [-0.3, -0.25) is 15.0 Å². The van der Waals surface area contributed by atoms with Crippen molar-refractivity contribution in [1.29, 1.82) is 5.26 Å². The predicted molar refractivity (Wildman–Crippen MR) is 142 cm³/mol. The molecule has 0 amide bonds. The van der Waals surface area contributed by atoms with E-state index < -0.39 is 0 Å². The molecule has 5 fully saturated rings. The van der Waals surface area contributed by atoms with Crippen LogP contribution in [0.5, 0.6) is 0 Å². The largest absolute Gasteiger partial charge is 0.337 e. The van der Waals surface area contributed by atoms with Gasteiger partial charge in [0, 0.05) is 48.0 Å². The minimum absolute atomic E-state index is 0.0261. The normalized spacial score (nSPS) is 36.5. The van der Waals surface area contributed by atoms with Crippen LogP contribution in [-0.4, -0.2) is 51.5 Å². The molecule has 3 saturated carbocycles. The number of rotatable bonds is 4.